The van der Waals surface area contributed by atoms with Crippen LogP contribution in [0.3, 0.4) is 0 Å². The third-order valence-corrected chi connectivity index (χ3v) is 5.31. The summed E-state index contributed by atoms with van der Waals surface area (Å²) in [6.07, 6.45) is 2.90. The molecule has 0 aromatic heterocycles. The highest BCUT2D eigenvalue weighted by molar-refractivity contribution is 7.99. The number of nitrogens with zero attached hydrogens (tertiary/aromatic N) is 1. The van der Waals surface area contributed by atoms with E-state index in [9.17, 15) is 9.90 Å². The summed E-state index contributed by atoms with van der Waals surface area (Å²) >= 11 is 1.74. The van der Waals surface area contributed by atoms with Gasteiger partial charge in [-0.3, -0.25) is 4.90 Å². The molecule has 0 radical (unpaired) electrons. The lowest BCUT2D eigenvalue weighted by atomic mass is 10.2. The molecule has 2 rings (SSSR count). The number of ether oxygens (including phenoxy) is 1. The molecule has 146 valence electrons. The quantitative estimate of drug-likeness (QED) is 0.608. The molecule has 6 heteroatoms. The summed E-state index contributed by atoms with van der Waals surface area (Å²) in [6.45, 7) is 7.37. The summed E-state index contributed by atoms with van der Waals surface area (Å²) < 4.78 is 5.42. The predicted molar refractivity (Wildman–Crippen MR) is 107 cm³/mol. The van der Waals surface area contributed by atoms with Crippen LogP contribution in [0.15, 0.2) is 35.2 Å². The van der Waals surface area contributed by atoms with Crippen LogP contribution in [0.2, 0.25) is 0 Å². The van der Waals surface area contributed by atoms with E-state index in [4.69, 9.17) is 4.74 Å². The Labute approximate surface area is 161 Å². The first kappa shape index (κ1) is 21.1. The Hall–Kier alpha value is -1.24. The van der Waals surface area contributed by atoms with Gasteiger partial charge in [0.25, 0.3) is 0 Å². The molecule has 5 nitrogen and oxygen atoms in total. The van der Waals surface area contributed by atoms with Crippen LogP contribution in [0, 0.1) is 0 Å². The van der Waals surface area contributed by atoms with E-state index in [1.54, 1.807) is 11.8 Å². The van der Waals surface area contributed by atoms with Crippen LogP contribution >= 0.6 is 11.8 Å². The van der Waals surface area contributed by atoms with Gasteiger partial charge in [-0.2, -0.15) is 0 Å². The maximum Gasteiger partial charge on any atom is 0.407 e. The average molecular weight is 381 g/mol. The summed E-state index contributed by atoms with van der Waals surface area (Å²) in [4.78, 5) is 15.7. The summed E-state index contributed by atoms with van der Waals surface area (Å²) in [5.74, 6) is 0.793. The van der Waals surface area contributed by atoms with Crippen LogP contribution in [0.1, 0.15) is 40.0 Å². The van der Waals surface area contributed by atoms with Gasteiger partial charge in [0.05, 0.1) is 6.61 Å². The van der Waals surface area contributed by atoms with Crippen molar-refractivity contribution in [2.45, 2.75) is 62.6 Å². The monoisotopic (exact) mass is 380 g/mol. The second-order valence-corrected chi connectivity index (χ2v) is 8.84. The molecule has 0 saturated heterocycles. The van der Waals surface area contributed by atoms with Gasteiger partial charge in [-0.25, -0.2) is 4.79 Å². The second kappa shape index (κ2) is 10.2. The molecule has 1 amide bonds. The van der Waals surface area contributed by atoms with Crippen molar-refractivity contribution in [2.75, 3.05) is 25.4 Å². The largest absolute Gasteiger partial charge is 0.444 e. The molecule has 0 spiro atoms. The maximum atomic E-state index is 12.2. The fraction of sp³-hybridized carbons (Fsp3) is 0.650. The van der Waals surface area contributed by atoms with Gasteiger partial charge >= 0.3 is 6.09 Å². The molecule has 1 fully saturated rings. The molecule has 1 aliphatic carbocycles. The van der Waals surface area contributed by atoms with Crippen molar-refractivity contribution in [3.05, 3.63) is 30.3 Å². The van der Waals surface area contributed by atoms with Crippen molar-refractivity contribution in [2.24, 2.45) is 0 Å². The highest BCUT2D eigenvalue weighted by Gasteiger charge is 2.29. The topological polar surface area (TPSA) is 61.8 Å². The number of carbonyl (C=O) groups is 1. The predicted octanol–water partition coefficient (Wildman–Crippen LogP) is 3.52. The van der Waals surface area contributed by atoms with Crippen LogP contribution in [0.25, 0.3) is 0 Å². The maximum absolute atomic E-state index is 12.2. The minimum absolute atomic E-state index is 0.0231. The number of hydrogen-bond donors (Lipinski definition) is 2. The Morgan fingerprint density at radius 3 is 2.58 bits per heavy atom. The number of rotatable bonds is 10. The second-order valence-electron chi connectivity index (χ2n) is 7.75. The molecule has 0 unspecified atom stereocenters. The van der Waals surface area contributed by atoms with Gasteiger partial charge in [0, 0.05) is 35.8 Å². The zero-order valence-corrected chi connectivity index (χ0v) is 16.9. The molecule has 1 atom stereocenters. The SMILES string of the molecule is CC(C)(C)OC(=O)N[C@H](CCN(CCO)C1CC1)CSc1ccccc1. The smallest absolute Gasteiger partial charge is 0.407 e. The van der Waals surface area contributed by atoms with E-state index in [0.29, 0.717) is 12.6 Å². The van der Waals surface area contributed by atoms with Gasteiger partial charge in [0.2, 0.25) is 0 Å². The lowest BCUT2D eigenvalue weighted by molar-refractivity contribution is 0.0503. The summed E-state index contributed by atoms with van der Waals surface area (Å²) in [6, 6.07) is 10.8. The Balaban J connectivity index is 1.89. The van der Waals surface area contributed by atoms with Crippen molar-refractivity contribution in [1.29, 1.82) is 0 Å². The van der Waals surface area contributed by atoms with Gasteiger partial charge in [-0.1, -0.05) is 18.2 Å². The van der Waals surface area contributed by atoms with Crippen LogP contribution in [0.4, 0.5) is 4.79 Å². The molecular weight excluding hydrogens is 348 g/mol. The number of benzene rings is 1. The Morgan fingerprint density at radius 1 is 1.31 bits per heavy atom. The Bertz CT molecular complexity index is 544. The zero-order chi connectivity index (χ0) is 19.0. The molecule has 1 saturated carbocycles. The fourth-order valence-corrected chi connectivity index (χ4v) is 3.74. The third-order valence-electron chi connectivity index (χ3n) is 4.13. The minimum atomic E-state index is -0.502. The van der Waals surface area contributed by atoms with Crippen molar-refractivity contribution >= 4 is 17.9 Å². The zero-order valence-electron chi connectivity index (χ0n) is 16.1. The molecule has 26 heavy (non-hydrogen) atoms. The molecule has 1 aromatic rings. The van der Waals surface area contributed by atoms with E-state index in [0.717, 1.165) is 18.7 Å². The van der Waals surface area contributed by atoms with Crippen molar-refractivity contribution in [1.82, 2.24) is 10.2 Å². The minimum Gasteiger partial charge on any atom is -0.444 e. The highest BCUT2D eigenvalue weighted by Crippen LogP contribution is 2.27. The number of amides is 1. The van der Waals surface area contributed by atoms with E-state index in [1.807, 2.05) is 39.0 Å². The fourth-order valence-electron chi connectivity index (χ4n) is 2.75. The first-order valence-corrected chi connectivity index (χ1v) is 10.4. The molecule has 0 heterocycles. The lowest BCUT2D eigenvalue weighted by Gasteiger charge is -2.26. The number of aliphatic hydroxyl groups excluding tert-OH is 1. The van der Waals surface area contributed by atoms with Crippen LogP contribution in [0.5, 0.6) is 0 Å². The number of carbonyl (C=O) groups excluding carboxylic acids is 1. The van der Waals surface area contributed by atoms with Crippen LogP contribution in [-0.2, 0) is 4.74 Å². The van der Waals surface area contributed by atoms with Crippen molar-refractivity contribution in [3.8, 4) is 0 Å². The lowest BCUT2D eigenvalue weighted by Crippen LogP contribution is -2.43. The van der Waals surface area contributed by atoms with Gasteiger partial charge in [-0.05, 0) is 52.2 Å². The molecule has 0 aliphatic heterocycles. The van der Waals surface area contributed by atoms with E-state index in [1.165, 1.54) is 17.7 Å². The third kappa shape index (κ3) is 8.43. The first-order chi connectivity index (χ1) is 12.4. The van der Waals surface area contributed by atoms with Gasteiger partial charge < -0.3 is 15.2 Å². The normalized spacial score (nSPS) is 15.7. The number of hydrogen-bond acceptors (Lipinski definition) is 5. The standard InChI is InChI=1S/C20H32N2O3S/c1-20(2,3)25-19(24)21-16(15-26-18-7-5-4-6-8-18)11-12-22(13-14-23)17-9-10-17/h4-8,16-17,23H,9-15H2,1-3H3,(H,21,24)/t16-/m1/s1. The van der Waals surface area contributed by atoms with E-state index in [2.05, 4.69) is 22.3 Å². The Morgan fingerprint density at radius 2 is 2.00 bits per heavy atom. The molecule has 1 aromatic carbocycles. The van der Waals surface area contributed by atoms with Gasteiger partial charge in [0.1, 0.15) is 5.60 Å². The van der Waals surface area contributed by atoms with E-state index in [-0.39, 0.29) is 18.7 Å². The molecule has 1 aliphatic rings. The molecule has 2 N–H and O–H groups in total. The van der Waals surface area contributed by atoms with Crippen molar-refractivity contribution in [3.63, 3.8) is 0 Å². The number of alkyl carbamates (subject to hydrolysis) is 1. The highest BCUT2D eigenvalue weighted by atomic mass is 32.2. The number of aliphatic hydroxyl groups is 1. The molecular formula is C20H32N2O3S. The van der Waals surface area contributed by atoms with E-state index >= 15 is 0 Å². The average Bonchev–Trinajstić information content (AvgIpc) is 3.40. The van der Waals surface area contributed by atoms with Gasteiger partial charge in [0.15, 0.2) is 0 Å². The Kier molecular flexibility index (Phi) is 8.25. The summed E-state index contributed by atoms with van der Waals surface area (Å²) in [5, 5.41) is 12.3. The van der Waals surface area contributed by atoms with E-state index < -0.39 is 5.60 Å². The number of nitrogens with one attached hydrogen (secondary N) is 1. The summed E-state index contributed by atoms with van der Waals surface area (Å²) in [5.41, 5.74) is -0.502. The van der Waals surface area contributed by atoms with Crippen LogP contribution in [-0.4, -0.2) is 59.2 Å². The molecule has 0 bridgehead atoms. The first-order valence-electron chi connectivity index (χ1n) is 9.39. The van der Waals surface area contributed by atoms with Crippen LogP contribution < -0.4 is 5.32 Å². The summed E-state index contributed by atoms with van der Waals surface area (Å²) in [7, 11) is 0. The number of thioether (sulfide) groups is 1. The van der Waals surface area contributed by atoms with Gasteiger partial charge in [-0.15, -0.1) is 11.8 Å². The van der Waals surface area contributed by atoms with Crippen molar-refractivity contribution < 1.29 is 14.6 Å².